The van der Waals surface area contributed by atoms with Gasteiger partial charge in [0, 0.05) is 17.6 Å². The van der Waals surface area contributed by atoms with Crippen LogP contribution in [0, 0.1) is 6.92 Å². The van der Waals surface area contributed by atoms with E-state index in [1.807, 2.05) is 25.1 Å². The van der Waals surface area contributed by atoms with Crippen molar-refractivity contribution in [3.8, 4) is 11.6 Å². The van der Waals surface area contributed by atoms with E-state index in [1.165, 1.54) is 0 Å². The Balaban J connectivity index is 2.30. The first kappa shape index (κ1) is 12.6. The highest BCUT2D eigenvalue weighted by atomic mass is 79.9. The predicted octanol–water partition coefficient (Wildman–Crippen LogP) is 2.96. The lowest BCUT2D eigenvalue weighted by atomic mass is 10.2. The topological polar surface area (TPSA) is 73.1 Å². The molecule has 5 nitrogen and oxygen atoms in total. The van der Waals surface area contributed by atoms with E-state index in [2.05, 4.69) is 31.2 Å². The minimum Gasteiger partial charge on any atom is -0.439 e. The van der Waals surface area contributed by atoms with Gasteiger partial charge in [-0.25, -0.2) is 0 Å². The molecule has 3 N–H and O–H groups in total. The van der Waals surface area contributed by atoms with E-state index in [0.29, 0.717) is 11.7 Å². The summed E-state index contributed by atoms with van der Waals surface area (Å²) in [5, 5.41) is 2.90. The summed E-state index contributed by atoms with van der Waals surface area (Å²) in [6, 6.07) is 7.44. The Morgan fingerprint density at radius 2 is 2.06 bits per heavy atom. The number of nitrogens with zero attached hydrogens (tertiary/aromatic N) is 2. The number of aryl methyl sites for hydroxylation is 1. The smallest absolute Gasteiger partial charge is 0.226 e. The number of ether oxygens (including phenoxy) is 1. The molecular weight excluding hydrogens is 296 g/mol. The van der Waals surface area contributed by atoms with Gasteiger partial charge in [-0.15, -0.1) is 0 Å². The Labute approximate surface area is 114 Å². The fourth-order valence-corrected chi connectivity index (χ4v) is 1.94. The lowest BCUT2D eigenvalue weighted by molar-refractivity contribution is 0.459. The summed E-state index contributed by atoms with van der Waals surface area (Å²) in [5.41, 5.74) is 6.61. The molecule has 0 aliphatic carbocycles. The van der Waals surface area contributed by atoms with Gasteiger partial charge in [0.25, 0.3) is 0 Å². The molecular formula is C12H13BrN4O. The molecule has 0 amide bonds. The van der Waals surface area contributed by atoms with Crippen LogP contribution in [0.1, 0.15) is 5.56 Å². The lowest BCUT2D eigenvalue weighted by Gasteiger charge is -2.09. The molecule has 0 unspecified atom stereocenters. The Bertz CT molecular complexity index is 574. The largest absolute Gasteiger partial charge is 0.439 e. The van der Waals surface area contributed by atoms with Gasteiger partial charge in [0.05, 0.1) is 0 Å². The van der Waals surface area contributed by atoms with Gasteiger partial charge in [-0.1, -0.05) is 15.9 Å². The van der Waals surface area contributed by atoms with Crippen LogP contribution in [-0.4, -0.2) is 17.0 Å². The van der Waals surface area contributed by atoms with Gasteiger partial charge in [-0.05, 0) is 30.7 Å². The molecule has 0 bridgehead atoms. The van der Waals surface area contributed by atoms with Crippen LogP contribution in [0.15, 0.2) is 28.7 Å². The number of hydrogen-bond donors (Lipinski definition) is 2. The van der Waals surface area contributed by atoms with Crippen molar-refractivity contribution in [3.05, 3.63) is 34.3 Å². The number of aromatic nitrogens is 2. The van der Waals surface area contributed by atoms with Crippen LogP contribution in [0.3, 0.4) is 0 Å². The van der Waals surface area contributed by atoms with Gasteiger partial charge in [-0.2, -0.15) is 9.97 Å². The lowest BCUT2D eigenvalue weighted by Crippen LogP contribution is -2.01. The summed E-state index contributed by atoms with van der Waals surface area (Å²) >= 11 is 3.40. The third-order valence-electron chi connectivity index (χ3n) is 2.33. The Hall–Kier alpha value is -1.82. The monoisotopic (exact) mass is 308 g/mol. The van der Waals surface area contributed by atoms with Crippen molar-refractivity contribution < 1.29 is 4.74 Å². The fourth-order valence-electron chi connectivity index (χ4n) is 1.46. The number of hydrogen-bond acceptors (Lipinski definition) is 5. The van der Waals surface area contributed by atoms with Gasteiger partial charge in [0.2, 0.25) is 11.8 Å². The van der Waals surface area contributed by atoms with Crippen molar-refractivity contribution in [2.75, 3.05) is 18.1 Å². The summed E-state index contributed by atoms with van der Waals surface area (Å²) in [6.07, 6.45) is 0. The number of halogens is 1. The van der Waals surface area contributed by atoms with E-state index < -0.39 is 0 Å². The number of anilines is 2. The average Bonchev–Trinajstić information content (AvgIpc) is 2.32. The van der Waals surface area contributed by atoms with Crippen LogP contribution in [0.5, 0.6) is 11.6 Å². The minimum atomic E-state index is 0.173. The number of rotatable bonds is 3. The molecule has 0 spiro atoms. The fraction of sp³-hybridized carbons (Fsp3) is 0.167. The highest BCUT2D eigenvalue weighted by Crippen LogP contribution is 2.27. The predicted molar refractivity (Wildman–Crippen MR) is 74.9 cm³/mol. The van der Waals surface area contributed by atoms with Crippen LogP contribution in [-0.2, 0) is 0 Å². The molecule has 0 saturated heterocycles. The van der Waals surface area contributed by atoms with Gasteiger partial charge >= 0.3 is 0 Å². The molecule has 1 aromatic carbocycles. The molecule has 94 valence electrons. The quantitative estimate of drug-likeness (QED) is 0.912. The molecule has 0 saturated carbocycles. The third-order valence-corrected chi connectivity index (χ3v) is 2.82. The second-order valence-electron chi connectivity index (χ2n) is 3.71. The van der Waals surface area contributed by atoms with Gasteiger partial charge < -0.3 is 15.8 Å². The Morgan fingerprint density at radius 3 is 2.72 bits per heavy atom. The van der Waals surface area contributed by atoms with E-state index in [0.717, 1.165) is 15.8 Å². The summed E-state index contributed by atoms with van der Waals surface area (Å²) in [7, 11) is 1.76. The van der Waals surface area contributed by atoms with Crippen LogP contribution in [0.4, 0.5) is 11.8 Å². The standard InChI is InChI=1S/C12H13BrN4O/c1-7-5-8(13)3-4-9(7)18-11-6-10(15-2)16-12(14)17-11/h3-6H,1-2H3,(H3,14,15,16,17). The SMILES string of the molecule is CNc1cc(Oc2ccc(Br)cc2C)nc(N)n1. The third kappa shape index (κ3) is 2.89. The Kier molecular flexibility index (Phi) is 3.66. The van der Waals surface area contributed by atoms with Crippen LogP contribution < -0.4 is 15.8 Å². The van der Waals surface area contributed by atoms with Gasteiger partial charge in [0.15, 0.2) is 0 Å². The minimum absolute atomic E-state index is 0.173. The van der Waals surface area contributed by atoms with E-state index in [1.54, 1.807) is 13.1 Å². The molecule has 0 radical (unpaired) electrons. The molecule has 2 rings (SSSR count). The molecule has 2 aromatic rings. The maximum Gasteiger partial charge on any atom is 0.226 e. The molecule has 0 aliphatic heterocycles. The molecule has 18 heavy (non-hydrogen) atoms. The van der Waals surface area contributed by atoms with Crippen molar-refractivity contribution >= 4 is 27.7 Å². The first-order valence-electron chi connectivity index (χ1n) is 5.35. The number of nitrogens with one attached hydrogen (secondary N) is 1. The molecule has 0 atom stereocenters. The maximum atomic E-state index is 5.70. The highest BCUT2D eigenvalue weighted by Gasteiger charge is 2.06. The maximum absolute atomic E-state index is 5.70. The highest BCUT2D eigenvalue weighted by molar-refractivity contribution is 9.10. The van der Waals surface area contributed by atoms with Crippen LogP contribution in [0.2, 0.25) is 0 Å². The van der Waals surface area contributed by atoms with Crippen molar-refractivity contribution in [2.45, 2.75) is 6.92 Å². The molecule has 0 fully saturated rings. The van der Waals surface area contributed by atoms with Crippen molar-refractivity contribution in [1.82, 2.24) is 9.97 Å². The summed E-state index contributed by atoms with van der Waals surface area (Å²) < 4.78 is 6.70. The second-order valence-corrected chi connectivity index (χ2v) is 4.63. The first-order valence-corrected chi connectivity index (χ1v) is 6.14. The van der Waals surface area contributed by atoms with Crippen molar-refractivity contribution in [1.29, 1.82) is 0 Å². The zero-order valence-electron chi connectivity index (χ0n) is 10.1. The summed E-state index contributed by atoms with van der Waals surface area (Å²) in [4.78, 5) is 8.03. The van der Waals surface area contributed by atoms with E-state index in [4.69, 9.17) is 10.5 Å². The summed E-state index contributed by atoms with van der Waals surface area (Å²) in [6.45, 7) is 1.96. The van der Waals surface area contributed by atoms with Crippen molar-refractivity contribution in [3.63, 3.8) is 0 Å². The Morgan fingerprint density at radius 1 is 1.28 bits per heavy atom. The zero-order chi connectivity index (χ0) is 13.1. The molecule has 0 aliphatic rings. The number of benzene rings is 1. The molecule has 1 aromatic heterocycles. The molecule has 1 heterocycles. The van der Waals surface area contributed by atoms with Gasteiger partial charge in [-0.3, -0.25) is 0 Å². The number of nitrogens with two attached hydrogens (primary N) is 1. The first-order chi connectivity index (χ1) is 8.58. The molecule has 6 heteroatoms. The van der Waals surface area contributed by atoms with Crippen LogP contribution >= 0.6 is 15.9 Å². The van der Waals surface area contributed by atoms with Crippen molar-refractivity contribution in [2.24, 2.45) is 0 Å². The second kappa shape index (κ2) is 5.22. The normalized spacial score (nSPS) is 10.2. The van der Waals surface area contributed by atoms with Gasteiger partial charge in [0.1, 0.15) is 11.6 Å². The summed E-state index contributed by atoms with van der Waals surface area (Å²) in [5.74, 6) is 1.94. The van der Waals surface area contributed by atoms with E-state index in [9.17, 15) is 0 Å². The van der Waals surface area contributed by atoms with E-state index in [-0.39, 0.29) is 5.95 Å². The number of nitrogen functional groups attached to an aromatic ring is 1. The zero-order valence-corrected chi connectivity index (χ0v) is 11.7. The average molecular weight is 309 g/mol. The van der Waals surface area contributed by atoms with E-state index >= 15 is 0 Å². The van der Waals surface area contributed by atoms with Crippen LogP contribution in [0.25, 0.3) is 0 Å².